The zero-order valence-corrected chi connectivity index (χ0v) is 7.21. The van der Waals surface area contributed by atoms with E-state index in [1.165, 1.54) is 11.3 Å². The summed E-state index contributed by atoms with van der Waals surface area (Å²) in [5.74, 6) is 0. The Labute approximate surface area is 67.9 Å². The number of halogens is 1. The third kappa shape index (κ3) is 1.36. The first-order chi connectivity index (χ1) is 4.61. The number of aromatic nitrogens is 1. The highest BCUT2D eigenvalue weighted by atomic mass is 35.5. The van der Waals surface area contributed by atoms with E-state index >= 15 is 0 Å². The molecule has 0 aliphatic carbocycles. The molecule has 0 atom stereocenters. The molecule has 1 aromatic heterocycles. The van der Waals surface area contributed by atoms with Gasteiger partial charge < -0.3 is 0 Å². The van der Waals surface area contributed by atoms with E-state index in [0.29, 0.717) is 5.01 Å². The topological polar surface area (TPSA) is 30.0 Å². The Bertz CT molecular complexity index is 249. The molecule has 0 spiro atoms. The van der Waals surface area contributed by atoms with Gasteiger partial charge in [-0.2, -0.15) is 0 Å². The van der Waals surface area contributed by atoms with Gasteiger partial charge in [0.15, 0.2) is 5.01 Å². The maximum absolute atomic E-state index is 10.5. The highest BCUT2D eigenvalue weighted by molar-refractivity contribution is 7.15. The first-order valence-corrected chi connectivity index (χ1v) is 3.94. The highest BCUT2D eigenvalue weighted by Gasteiger charge is 2.08. The first-order valence-electron chi connectivity index (χ1n) is 2.75. The summed E-state index contributed by atoms with van der Waals surface area (Å²) in [5, 5.41) is -0.0853. The van der Waals surface area contributed by atoms with E-state index in [1.54, 1.807) is 0 Å². The number of carbonyl (C=O) groups excluding carboxylic acids is 1. The minimum Gasteiger partial charge on any atom is -0.273 e. The van der Waals surface area contributed by atoms with Crippen LogP contribution in [0.15, 0.2) is 0 Å². The van der Waals surface area contributed by atoms with Crippen molar-refractivity contribution >= 4 is 28.2 Å². The van der Waals surface area contributed by atoms with E-state index in [-0.39, 0.29) is 0 Å². The van der Waals surface area contributed by atoms with Crippen molar-refractivity contribution in [3.63, 3.8) is 0 Å². The van der Waals surface area contributed by atoms with Gasteiger partial charge in [0.2, 0.25) is 0 Å². The van der Waals surface area contributed by atoms with Crippen molar-refractivity contribution in [2.24, 2.45) is 0 Å². The Morgan fingerprint density at radius 1 is 1.60 bits per heavy atom. The fraction of sp³-hybridized carbons (Fsp3) is 0.333. The lowest BCUT2D eigenvalue weighted by Gasteiger charge is -1.78. The van der Waals surface area contributed by atoms with E-state index in [4.69, 9.17) is 11.6 Å². The largest absolute Gasteiger partial charge is 0.281 e. The van der Waals surface area contributed by atoms with Crippen LogP contribution in [0.3, 0.4) is 0 Å². The van der Waals surface area contributed by atoms with Crippen molar-refractivity contribution in [2.45, 2.75) is 13.8 Å². The second-order valence-corrected chi connectivity index (χ2v) is 3.48. The van der Waals surface area contributed by atoms with E-state index < -0.39 is 5.24 Å². The Balaban J connectivity index is 3.10. The first kappa shape index (κ1) is 7.69. The predicted molar refractivity (Wildman–Crippen MR) is 41.8 cm³/mol. The zero-order valence-electron chi connectivity index (χ0n) is 5.64. The molecule has 0 unspecified atom stereocenters. The van der Waals surface area contributed by atoms with Crippen LogP contribution in [0.2, 0.25) is 0 Å². The number of thiazole rings is 1. The molecule has 0 amide bonds. The van der Waals surface area contributed by atoms with Crippen LogP contribution < -0.4 is 0 Å². The highest BCUT2D eigenvalue weighted by Crippen LogP contribution is 2.17. The van der Waals surface area contributed by atoms with Crippen LogP contribution in [0.4, 0.5) is 0 Å². The maximum atomic E-state index is 10.5. The minimum atomic E-state index is -0.471. The summed E-state index contributed by atoms with van der Waals surface area (Å²) < 4.78 is 0. The van der Waals surface area contributed by atoms with Crippen LogP contribution in [0.5, 0.6) is 0 Å². The molecule has 0 fully saturated rings. The van der Waals surface area contributed by atoms with Crippen LogP contribution in [-0.4, -0.2) is 10.2 Å². The van der Waals surface area contributed by atoms with Crippen molar-refractivity contribution in [1.82, 2.24) is 4.98 Å². The Morgan fingerprint density at radius 3 is 2.40 bits per heavy atom. The van der Waals surface area contributed by atoms with Crippen molar-refractivity contribution in [3.05, 3.63) is 15.6 Å². The third-order valence-corrected chi connectivity index (χ3v) is 2.56. The fourth-order valence-corrected chi connectivity index (χ4v) is 1.46. The number of nitrogens with zero attached hydrogens (tertiary/aromatic N) is 1. The molecule has 2 nitrogen and oxygen atoms in total. The van der Waals surface area contributed by atoms with Gasteiger partial charge in [0.1, 0.15) is 0 Å². The molecule has 0 aromatic carbocycles. The standard InChI is InChI=1S/C6H6ClNOS/c1-3-4(2)10-6(8-3)5(7)9/h1-2H3. The molecule has 54 valence electrons. The quantitative estimate of drug-likeness (QED) is 0.613. The Hall–Kier alpha value is -0.410. The Kier molecular flexibility index (Phi) is 2.06. The molecule has 1 rings (SSSR count). The van der Waals surface area contributed by atoms with Gasteiger partial charge in [0, 0.05) is 4.88 Å². The van der Waals surface area contributed by atoms with Crippen LogP contribution in [0.1, 0.15) is 20.4 Å². The Morgan fingerprint density at radius 2 is 2.20 bits per heavy atom. The van der Waals surface area contributed by atoms with Crippen LogP contribution in [0.25, 0.3) is 0 Å². The van der Waals surface area contributed by atoms with Gasteiger partial charge in [-0.05, 0) is 25.4 Å². The zero-order chi connectivity index (χ0) is 7.72. The van der Waals surface area contributed by atoms with Gasteiger partial charge >= 0.3 is 0 Å². The number of aryl methyl sites for hydroxylation is 2. The molecular formula is C6H6ClNOS. The normalized spacial score (nSPS) is 9.90. The van der Waals surface area contributed by atoms with Crippen LogP contribution >= 0.6 is 22.9 Å². The molecule has 0 saturated heterocycles. The average Bonchev–Trinajstić information content (AvgIpc) is 2.13. The van der Waals surface area contributed by atoms with Crippen molar-refractivity contribution < 1.29 is 4.79 Å². The smallest absolute Gasteiger partial charge is 0.273 e. The molecule has 0 aliphatic rings. The molecule has 0 bridgehead atoms. The molecular weight excluding hydrogens is 170 g/mol. The van der Waals surface area contributed by atoms with Gasteiger partial charge in [-0.15, -0.1) is 11.3 Å². The van der Waals surface area contributed by atoms with Crippen molar-refractivity contribution in [2.75, 3.05) is 0 Å². The molecule has 10 heavy (non-hydrogen) atoms. The summed E-state index contributed by atoms with van der Waals surface area (Å²) in [6, 6.07) is 0. The lowest BCUT2D eigenvalue weighted by Crippen LogP contribution is -1.85. The molecule has 0 N–H and O–H groups in total. The van der Waals surface area contributed by atoms with Gasteiger partial charge in [0.05, 0.1) is 5.69 Å². The summed E-state index contributed by atoms with van der Waals surface area (Å²) in [4.78, 5) is 15.5. The summed E-state index contributed by atoms with van der Waals surface area (Å²) >= 11 is 6.53. The lowest BCUT2D eigenvalue weighted by molar-refractivity contribution is 0.108. The van der Waals surface area contributed by atoms with Crippen molar-refractivity contribution in [3.8, 4) is 0 Å². The number of carbonyl (C=O) groups is 1. The average molecular weight is 176 g/mol. The molecule has 0 saturated carbocycles. The van der Waals surface area contributed by atoms with E-state index in [1.807, 2.05) is 13.8 Å². The van der Waals surface area contributed by atoms with E-state index in [2.05, 4.69) is 4.98 Å². The number of rotatable bonds is 1. The SMILES string of the molecule is Cc1nc(C(=O)Cl)sc1C. The molecule has 1 aromatic rings. The molecule has 0 radical (unpaired) electrons. The second-order valence-electron chi connectivity index (χ2n) is 1.93. The van der Waals surface area contributed by atoms with Gasteiger partial charge in [-0.25, -0.2) is 4.98 Å². The monoisotopic (exact) mass is 175 g/mol. The van der Waals surface area contributed by atoms with E-state index in [9.17, 15) is 4.79 Å². The lowest BCUT2D eigenvalue weighted by atomic mass is 10.4. The predicted octanol–water partition coefficient (Wildman–Crippen LogP) is 2.14. The van der Waals surface area contributed by atoms with Gasteiger partial charge in [0.25, 0.3) is 5.24 Å². The van der Waals surface area contributed by atoms with Gasteiger partial charge in [-0.1, -0.05) is 0 Å². The summed E-state index contributed by atoms with van der Waals surface area (Å²) in [7, 11) is 0. The summed E-state index contributed by atoms with van der Waals surface area (Å²) in [6.07, 6.45) is 0. The van der Waals surface area contributed by atoms with Crippen LogP contribution in [0, 0.1) is 13.8 Å². The molecule has 0 aliphatic heterocycles. The maximum Gasteiger partial charge on any atom is 0.281 e. The number of hydrogen-bond donors (Lipinski definition) is 0. The third-order valence-electron chi connectivity index (χ3n) is 1.20. The fourth-order valence-electron chi connectivity index (χ4n) is 0.557. The van der Waals surface area contributed by atoms with Gasteiger partial charge in [-0.3, -0.25) is 4.79 Å². The molecule has 4 heteroatoms. The second kappa shape index (κ2) is 2.68. The summed E-state index contributed by atoms with van der Waals surface area (Å²) in [5.41, 5.74) is 0.883. The molecule has 1 heterocycles. The minimum absolute atomic E-state index is 0.386. The van der Waals surface area contributed by atoms with Crippen molar-refractivity contribution in [1.29, 1.82) is 0 Å². The van der Waals surface area contributed by atoms with Crippen LogP contribution in [-0.2, 0) is 0 Å². The number of hydrogen-bond acceptors (Lipinski definition) is 3. The summed E-state index contributed by atoms with van der Waals surface area (Å²) in [6.45, 7) is 3.77. The van der Waals surface area contributed by atoms with E-state index in [0.717, 1.165) is 10.6 Å².